The highest BCUT2D eigenvalue weighted by Crippen LogP contribution is 2.23. The number of hydrogen-bond donors (Lipinski definition) is 3. The van der Waals surface area contributed by atoms with Gasteiger partial charge in [0.05, 0.1) is 17.6 Å². The van der Waals surface area contributed by atoms with E-state index in [4.69, 9.17) is 16.6 Å². The molecule has 0 radical (unpaired) electrons. The van der Waals surface area contributed by atoms with E-state index < -0.39 is 0 Å². The van der Waals surface area contributed by atoms with Crippen molar-refractivity contribution in [2.75, 3.05) is 12.3 Å². The Bertz CT molecular complexity index is 211. The van der Waals surface area contributed by atoms with Crippen molar-refractivity contribution in [3.8, 4) is 0 Å². The Kier molecular flexibility index (Phi) is 2.26. The van der Waals surface area contributed by atoms with Gasteiger partial charge in [-0.05, 0) is 11.4 Å². The van der Waals surface area contributed by atoms with E-state index in [9.17, 15) is 0 Å². The minimum Gasteiger partial charge on any atom is -0.394 e. The molecule has 0 aliphatic heterocycles. The number of hydrogen-bond acceptors (Lipinski definition) is 4. The Balaban J connectivity index is 2.82. The van der Waals surface area contributed by atoms with Crippen LogP contribution in [-0.2, 0) is 0 Å². The topological polar surface area (TPSA) is 72.3 Å². The number of thiophene rings is 1. The maximum atomic E-state index is 8.66. The fourth-order valence-electron chi connectivity index (χ4n) is 0.735. The molecular weight excluding hydrogens is 148 g/mol. The van der Waals surface area contributed by atoms with Crippen LogP contribution < -0.4 is 11.5 Å². The van der Waals surface area contributed by atoms with Crippen molar-refractivity contribution in [2.45, 2.75) is 6.04 Å². The quantitative estimate of drug-likeness (QED) is 0.580. The number of nitrogens with two attached hydrogens (primary N) is 2. The molecule has 0 fully saturated rings. The first-order valence-corrected chi connectivity index (χ1v) is 3.83. The number of rotatable bonds is 2. The van der Waals surface area contributed by atoms with Crippen molar-refractivity contribution in [3.63, 3.8) is 0 Å². The van der Waals surface area contributed by atoms with Gasteiger partial charge in [0.2, 0.25) is 0 Å². The molecule has 0 aliphatic rings. The van der Waals surface area contributed by atoms with Crippen molar-refractivity contribution < 1.29 is 5.11 Å². The Morgan fingerprint density at radius 3 is 2.80 bits per heavy atom. The predicted molar refractivity (Wildman–Crippen MR) is 42.7 cm³/mol. The zero-order valence-corrected chi connectivity index (χ0v) is 6.27. The smallest absolute Gasteiger partial charge is 0.0905 e. The molecule has 3 nitrogen and oxygen atoms in total. The third-order valence-corrected chi connectivity index (χ3v) is 2.09. The van der Waals surface area contributed by atoms with Gasteiger partial charge in [0, 0.05) is 5.56 Å². The molecule has 4 heteroatoms. The fourth-order valence-corrected chi connectivity index (χ4v) is 1.45. The summed E-state index contributed by atoms with van der Waals surface area (Å²) < 4.78 is 0. The number of aliphatic hydroxyl groups is 1. The highest BCUT2D eigenvalue weighted by molar-refractivity contribution is 7.14. The lowest BCUT2D eigenvalue weighted by Gasteiger charge is -2.05. The highest BCUT2D eigenvalue weighted by Gasteiger charge is 2.07. The number of aliphatic hydroxyl groups excluding tert-OH is 1. The summed E-state index contributed by atoms with van der Waals surface area (Å²) in [7, 11) is 0. The molecule has 0 saturated heterocycles. The van der Waals surface area contributed by atoms with Crippen molar-refractivity contribution in [2.24, 2.45) is 5.73 Å². The molecule has 0 saturated carbocycles. The maximum absolute atomic E-state index is 8.66. The number of nitrogen functional groups attached to an aromatic ring is 1. The van der Waals surface area contributed by atoms with Gasteiger partial charge in [-0.3, -0.25) is 0 Å². The molecule has 1 aromatic rings. The first kappa shape index (κ1) is 7.53. The number of anilines is 1. The van der Waals surface area contributed by atoms with Crippen LogP contribution in [0, 0.1) is 0 Å². The predicted octanol–water partition coefficient (Wildman–Crippen LogP) is 0.322. The summed E-state index contributed by atoms with van der Waals surface area (Å²) in [6.45, 7) is -0.0546. The fraction of sp³-hybridized carbons (Fsp3) is 0.333. The summed E-state index contributed by atoms with van der Waals surface area (Å²) in [4.78, 5) is 0. The molecule has 1 heterocycles. The summed E-state index contributed by atoms with van der Waals surface area (Å²) >= 11 is 1.43. The Morgan fingerprint density at radius 2 is 2.40 bits per heavy atom. The van der Waals surface area contributed by atoms with Crippen LogP contribution >= 0.6 is 11.3 Å². The van der Waals surface area contributed by atoms with E-state index in [1.54, 1.807) is 0 Å². The van der Waals surface area contributed by atoms with Gasteiger partial charge in [-0.25, -0.2) is 0 Å². The first-order valence-electron chi connectivity index (χ1n) is 2.95. The van der Waals surface area contributed by atoms with Gasteiger partial charge in [0.1, 0.15) is 0 Å². The average Bonchev–Trinajstić information content (AvgIpc) is 2.34. The molecule has 10 heavy (non-hydrogen) atoms. The zero-order chi connectivity index (χ0) is 7.56. The van der Waals surface area contributed by atoms with Gasteiger partial charge in [0.15, 0.2) is 0 Å². The Hall–Kier alpha value is -0.580. The van der Waals surface area contributed by atoms with Crippen LogP contribution in [-0.4, -0.2) is 11.7 Å². The molecule has 1 rings (SSSR count). The summed E-state index contributed by atoms with van der Waals surface area (Å²) in [5.74, 6) is 0. The minimum absolute atomic E-state index is 0.0546. The second-order valence-electron chi connectivity index (χ2n) is 2.03. The molecule has 0 bridgehead atoms. The van der Waals surface area contributed by atoms with E-state index >= 15 is 0 Å². The summed E-state index contributed by atoms with van der Waals surface area (Å²) in [5, 5.41) is 11.2. The summed E-state index contributed by atoms with van der Waals surface area (Å²) in [5.41, 5.74) is 11.9. The third-order valence-electron chi connectivity index (χ3n) is 1.32. The van der Waals surface area contributed by atoms with Gasteiger partial charge in [-0.2, -0.15) is 0 Å². The van der Waals surface area contributed by atoms with Crippen LogP contribution in [0.2, 0.25) is 0 Å². The standard InChI is InChI=1S/C6H10N2OS/c7-5(3-9)4-1-2-10-6(4)8/h1-2,5,9H,3,7-8H2/t5-/m0/s1. The summed E-state index contributed by atoms with van der Waals surface area (Å²) in [6.07, 6.45) is 0. The van der Waals surface area contributed by atoms with E-state index in [0.717, 1.165) is 5.56 Å². The molecule has 1 aromatic heterocycles. The Morgan fingerprint density at radius 1 is 1.70 bits per heavy atom. The minimum atomic E-state index is -0.328. The van der Waals surface area contributed by atoms with E-state index in [1.807, 2.05) is 11.4 Å². The van der Waals surface area contributed by atoms with E-state index in [-0.39, 0.29) is 12.6 Å². The lowest BCUT2D eigenvalue weighted by molar-refractivity contribution is 0.268. The van der Waals surface area contributed by atoms with Gasteiger partial charge >= 0.3 is 0 Å². The van der Waals surface area contributed by atoms with Crippen LogP contribution in [0.3, 0.4) is 0 Å². The molecular formula is C6H10N2OS. The SMILES string of the molecule is Nc1sccc1[C@@H](N)CO. The normalized spacial score (nSPS) is 13.4. The van der Waals surface area contributed by atoms with Gasteiger partial charge in [0.25, 0.3) is 0 Å². The maximum Gasteiger partial charge on any atom is 0.0905 e. The van der Waals surface area contributed by atoms with Crippen LogP contribution in [0.4, 0.5) is 5.00 Å². The van der Waals surface area contributed by atoms with Gasteiger partial charge in [-0.1, -0.05) is 0 Å². The second-order valence-corrected chi connectivity index (χ2v) is 2.98. The second kappa shape index (κ2) is 3.01. The molecule has 5 N–H and O–H groups in total. The van der Waals surface area contributed by atoms with E-state index in [1.165, 1.54) is 11.3 Å². The van der Waals surface area contributed by atoms with Crippen molar-refractivity contribution >= 4 is 16.3 Å². The molecule has 1 atom stereocenters. The third kappa shape index (κ3) is 1.29. The van der Waals surface area contributed by atoms with Gasteiger partial charge in [-0.15, -0.1) is 11.3 Å². The van der Waals surface area contributed by atoms with Crippen molar-refractivity contribution in [3.05, 3.63) is 17.0 Å². The molecule has 56 valence electrons. The zero-order valence-electron chi connectivity index (χ0n) is 5.45. The molecule has 0 aromatic carbocycles. The van der Waals surface area contributed by atoms with Crippen molar-refractivity contribution in [1.82, 2.24) is 0 Å². The summed E-state index contributed by atoms with van der Waals surface area (Å²) in [6, 6.07) is 1.51. The molecule has 0 aliphatic carbocycles. The van der Waals surface area contributed by atoms with Crippen molar-refractivity contribution in [1.29, 1.82) is 0 Å². The molecule has 0 amide bonds. The van der Waals surface area contributed by atoms with E-state index in [0.29, 0.717) is 5.00 Å². The average molecular weight is 158 g/mol. The molecule has 0 spiro atoms. The van der Waals surface area contributed by atoms with Crippen LogP contribution in [0.5, 0.6) is 0 Å². The highest BCUT2D eigenvalue weighted by atomic mass is 32.1. The van der Waals surface area contributed by atoms with Gasteiger partial charge < -0.3 is 16.6 Å². The first-order chi connectivity index (χ1) is 4.75. The Labute approximate surface area is 63.3 Å². The molecule has 0 unspecified atom stereocenters. The largest absolute Gasteiger partial charge is 0.394 e. The lowest BCUT2D eigenvalue weighted by atomic mass is 10.2. The monoisotopic (exact) mass is 158 g/mol. The lowest BCUT2D eigenvalue weighted by Crippen LogP contribution is -2.14. The van der Waals surface area contributed by atoms with Crippen LogP contribution in [0.25, 0.3) is 0 Å². The van der Waals surface area contributed by atoms with Crippen LogP contribution in [0.1, 0.15) is 11.6 Å². The van der Waals surface area contributed by atoms with Crippen LogP contribution in [0.15, 0.2) is 11.4 Å². The van der Waals surface area contributed by atoms with E-state index in [2.05, 4.69) is 0 Å².